The monoisotopic (exact) mass is 525 g/mol. The van der Waals surface area contributed by atoms with Gasteiger partial charge in [0.15, 0.2) is 12.1 Å². The molecule has 0 saturated carbocycles. The van der Waals surface area contributed by atoms with Crippen molar-refractivity contribution in [2.24, 2.45) is 0 Å². The van der Waals surface area contributed by atoms with E-state index in [1.165, 1.54) is 0 Å². The van der Waals surface area contributed by atoms with Gasteiger partial charge in [0.1, 0.15) is 0 Å². The Morgan fingerprint density at radius 1 is 0.974 bits per heavy atom. The van der Waals surface area contributed by atoms with E-state index in [0.717, 1.165) is 29.8 Å². The first kappa shape index (κ1) is 26.7. The molecule has 198 valence electrons. The molecule has 38 heavy (non-hydrogen) atoms. The molecular formula is C27H26F3N5O3. The number of halogens is 3. The van der Waals surface area contributed by atoms with Crippen molar-refractivity contribution in [1.29, 1.82) is 0 Å². The van der Waals surface area contributed by atoms with E-state index < -0.39 is 35.7 Å². The third-order valence-corrected chi connectivity index (χ3v) is 6.08. The van der Waals surface area contributed by atoms with Crippen molar-refractivity contribution in [3.05, 3.63) is 89.0 Å². The molecule has 3 aromatic carbocycles. The maximum absolute atomic E-state index is 13.1. The molecule has 2 unspecified atom stereocenters. The van der Waals surface area contributed by atoms with E-state index in [4.69, 9.17) is 5.73 Å². The highest BCUT2D eigenvalue weighted by molar-refractivity contribution is 5.98. The fourth-order valence-corrected chi connectivity index (χ4v) is 3.94. The van der Waals surface area contributed by atoms with Crippen molar-refractivity contribution in [2.45, 2.75) is 38.1 Å². The van der Waals surface area contributed by atoms with Crippen LogP contribution in [0.15, 0.2) is 66.7 Å². The standard InChI is InChI=1S/C27H26F3N5O3/c1-14(2)15-3-5-17(6-4-15)24(37)35-22(16-7-9-18(10-8-16)27(28,29)30)23(36)25(38)32-19-11-12-20-21(13-19)34-26(31)33-20/h3-14,22-23,36H,1-2H3,(H,32,38)(H,35,37)(H3,31,33,34). The zero-order chi connectivity index (χ0) is 27.6. The number of hydrogen-bond donors (Lipinski definition) is 5. The topological polar surface area (TPSA) is 133 Å². The number of nitrogens with zero attached hydrogens (tertiary/aromatic N) is 1. The van der Waals surface area contributed by atoms with Gasteiger partial charge >= 0.3 is 6.18 Å². The lowest BCUT2D eigenvalue weighted by Crippen LogP contribution is -2.42. The number of alkyl halides is 3. The number of H-pyrrole nitrogens is 1. The number of carbonyl (C=O) groups excluding carboxylic acids is 2. The predicted octanol–water partition coefficient (Wildman–Crippen LogP) is 4.76. The Kier molecular flexibility index (Phi) is 7.40. The second-order valence-electron chi connectivity index (χ2n) is 9.14. The first-order valence-corrected chi connectivity index (χ1v) is 11.7. The van der Waals surface area contributed by atoms with Gasteiger partial charge in [-0.1, -0.05) is 38.1 Å². The number of rotatable bonds is 7. The Bertz CT molecular complexity index is 1450. The van der Waals surface area contributed by atoms with E-state index in [1.807, 2.05) is 13.8 Å². The van der Waals surface area contributed by atoms with Crippen LogP contribution in [0.1, 0.15) is 52.9 Å². The predicted molar refractivity (Wildman–Crippen MR) is 137 cm³/mol. The van der Waals surface area contributed by atoms with Gasteiger partial charge in [0, 0.05) is 11.3 Å². The minimum Gasteiger partial charge on any atom is -0.381 e. The molecule has 0 aliphatic carbocycles. The van der Waals surface area contributed by atoms with E-state index in [-0.39, 0.29) is 23.0 Å². The molecule has 0 radical (unpaired) electrons. The van der Waals surface area contributed by atoms with Crippen LogP contribution in [0.25, 0.3) is 11.0 Å². The maximum atomic E-state index is 13.1. The summed E-state index contributed by atoms with van der Waals surface area (Å²) >= 11 is 0. The van der Waals surface area contributed by atoms with Gasteiger partial charge in [-0.15, -0.1) is 0 Å². The number of hydrogen-bond acceptors (Lipinski definition) is 5. The third kappa shape index (κ3) is 5.94. The second kappa shape index (κ2) is 10.5. The number of carbonyl (C=O) groups is 2. The van der Waals surface area contributed by atoms with Gasteiger partial charge in [-0.3, -0.25) is 9.59 Å². The van der Waals surface area contributed by atoms with Gasteiger partial charge in [-0.2, -0.15) is 13.2 Å². The molecule has 4 aromatic rings. The maximum Gasteiger partial charge on any atom is 0.416 e. The number of aromatic amines is 1. The Balaban J connectivity index is 1.60. The molecule has 6 N–H and O–H groups in total. The summed E-state index contributed by atoms with van der Waals surface area (Å²) < 4.78 is 39.3. The van der Waals surface area contributed by atoms with Crippen molar-refractivity contribution in [1.82, 2.24) is 15.3 Å². The molecule has 1 heterocycles. The summed E-state index contributed by atoms with van der Waals surface area (Å²) in [6.07, 6.45) is -6.41. The molecule has 1 aromatic heterocycles. The van der Waals surface area contributed by atoms with Crippen LogP contribution in [0.3, 0.4) is 0 Å². The molecule has 4 rings (SSSR count). The van der Waals surface area contributed by atoms with E-state index >= 15 is 0 Å². The zero-order valence-corrected chi connectivity index (χ0v) is 20.5. The molecule has 11 heteroatoms. The van der Waals surface area contributed by atoms with E-state index in [0.29, 0.717) is 16.7 Å². The number of aliphatic hydroxyl groups is 1. The first-order chi connectivity index (χ1) is 17.9. The lowest BCUT2D eigenvalue weighted by atomic mass is 9.98. The van der Waals surface area contributed by atoms with Crippen LogP contribution in [-0.2, 0) is 11.0 Å². The molecule has 0 aliphatic heterocycles. The highest BCUT2D eigenvalue weighted by Crippen LogP contribution is 2.31. The summed E-state index contributed by atoms with van der Waals surface area (Å²) in [6.45, 7) is 4.01. The van der Waals surface area contributed by atoms with Gasteiger partial charge in [-0.05, 0) is 59.5 Å². The second-order valence-corrected chi connectivity index (χ2v) is 9.14. The highest BCUT2D eigenvalue weighted by atomic mass is 19.4. The van der Waals surface area contributed by atoms with E-state index in [9.17, 15) is 27.9 Å². The van der Waals surface area contributed by atoms with Gasteiger partial charge in [0.25, 0.3) is 11.8 Å². The van der Waals surface area contributed by atoms with Crippen LogP contribution in [0.5, 0.6) is 0 Å². The average Bonchev–Trinajstić information content (AvgIpc) is 3.25. The lowest BCUT2D eigenvalue weighted by molar-refractivity contribution is -0.137. The van der Waals surface area contributed by atoms with Crippen LogP contribution < -0.4 is 16.4 Å². The highest BCUT2D eigenvalue weighted by Gasteiger charge is 2.33. The number of benzene rings is 3. The average molecular weight is 526 g/mol. The number of nitrogens with two attached hydrogens (primary N) is 1. The van der Waals surface area contributed by atoms with Crippen molar-refractivity contribution in [2.75, 3.05) is 11.1 Å². The number of nitrogens with one attached hydrogen (secondary N) is 3. The number of amides is 2. The van der Waals surface area contributed by atoms with Crippen LogP contribution in [0.2, 0.25) is 0 Å². The molecule has 0 aliphatic rings. The number of imidazole rings is 1. The molecular weight excluding hydrogens is 499 g/mol. The number of nitrogen functional groups attached to an aromatic ring is 1. The summed E-state index contributed by atoms with van der Waals surface area (Å²) in [5.74, 6) is -1.05. The quantitative estimate of drug-likeness (QED) is 0.237. The summed E-state index contributed by atoms with van der Waals surface area (Å²) in [7, 11) is 0. The van der Waals surface area contributed by atoms with E-state index in [2.05, 4.69) is 20.6 Å². The Morgan fingerprint density at radius 2 is 1.61 bits per heavy atom. The molecule has 0 spiro atoms. The van der Waals surface area contributed by atoms with Crippen molar-refractivity contribution in [3.8, 4) is 0 Å². The third-order valence-electron chi connectivity index (χ3n) is 6.08. The smallest absolute Gasteiger partial charge is 0.381 e. The van der Waals surface area contributed by atoms with Gasteiger partial charge < -0.3 is 26.5 Å². The van der Waals surface area contributed by atoms with Crippen molar-refractivity contribution < 1.29 is 27.9 Å². The van der Waals surface area contributed by atoms with Gasteiger partial charge in [-0.25, -0.2) is 4.98 Å². The van der Waals surface area contributed by atoms with Crippen molar-refractivity contribution >= 4 is 34.5 Å². The van der Waals surface area contributed by atoms with E-state index in [1.54, 1.807) is 42.5 Å². The lowest BCUT2D eigenvalue weighted by Gasteiger charge is -2.24. The van der Waals surface area contributed by atoms with Crippen molar-refractivity contribution in [3.63, 3.8) is 0 Å². The van der Waals surface area contributed by atoms with Gasteiger partial charge in [0.2, 0.25) is 0 Å². The summed E-state index contributed by atoms with van der Waals surface area (Å²) in [5.41, 5.74) is 7.56. The molecule has 0 fully saturated rings. The number of anilines is 2. The molecule has 2 amide bonds. The Morgan fingerprint density at radius 3 is 2.21 bits per heavy atom. The Labute approximate surface area is 216 Å². The van der Waals surface area contributed by atoms with Crippen LogP contribution >= 0.6 is 0 Å². The fourth-order valence-electron chi connectivity index (χ4n) is 3.94. The summed E-state index contributed by atoms with van der Waals surface area (Å²) in [4.78, 5) is 32.9. The van der Waals surface area contributed by atoms with Gasteiger partial charge in [0.05, 0.1) is 22.6 Å². The molecule has 8 nitrogen and oxygen atoms in total. The van der Waals surface area contributed by atoms with Crippen LogP contribution in [-0.4, -0.2) is 33.0 Å². The summed E-state index contributed by atoms with van der Waals surface area (Å²) in [6, 6.07) is 14.0. The number of aliphatic hydroxyl groups excluding tert-OH is 1. The van der Waals surface area contributed by atoms with Crippen LogP contribution in [0.4, 0.5) is 24.8 Å². The minimum atomic E-state index is -4.57. The molecule has 2 atom stereocenters. The largest absolute Gasteiger partial charge is 0.416 e. The first-order valence-electron chi connectivity index (χ1n) is 11.7. The minimum absolute atomic E-state index is 0.115. The Hall–Kier alpha value is -4.38. The molecule has 0 saturated heterocycles. The molecule has 0 bridgehead atoms. The normalized spacial score (nSPS) is 13.3. The summed E-state index contributed by atoms with van der Waals surface area (Å²) in [5, 5.41) is 16.1. The zero-order valence-electron chi connectivity index (χ0n) is 20.5. The number of aromatic nitrogens is 2. The SMILES string of the molecule is CC(C)c1ccc(C(=O)NC(c2ccc(C(F)(F)F)cc2)C(O)C(=O)Nc2ccc3nc(N)[nH]c3c2)cc1. The fraction of sp³-hybridized carbons (Fsp3) is 0.222. The number of fused-ring (bicyclic) bond motifs is 1. The van der Waals surface area contributed by atoms with Crippen LogP contribution in [0, 0.1) is 0 Å².